The van der Waals surface area contributed by atoms with Crippen molar-refractivity contribution < 1.29 is 9.18 Å². The summed E-state index contributed by atoms with van der Waals surface area (Å²) in [6.07, 6.45) is 7.83. The first kappa shape index (κ1) is 21.0. The number of amides is 1. The highest BCUT2D eigenvalue weighted by Gasteiger charge is 2.27. The molecule has 1 amide bonds. The number of nitrogens with zero attached hydrogens (tertiary/aromatic N) is 2. The number of carbonyl (C=O) groups excluding carboxylic acids is 1. The van der Waals surface area contributed by atoms with E-state index in [0.29, 0.717) is 18.8 Å². The zero-order valence-corrected chi connectivity index (χ0v) is 18.4. The van der Waals surface area contributed by atoms with Crippen LogP contribution in [0.1, 0.15) is 31.4 Å². The average molecular weight is 454 g/mol. The number of nitrogens with one attached hydrogen (secondary N) is 3. The van der Waals surface area contributed by atoms with Crippen LogP contribution in [0.4, 0.5) is 15.8 Å². The lowest BCUT2D eigenvalue weighted by Crippen LogP contribution is -2.49. The molecule has 1 saturated heterocycles. The minimum absolute atomic E-state index is 0.0374. The lowest BCUT2D eigenvalue weighted by Gasteiger charge is -2.32. The van der Waals surface area contributed by atoms with Gasteiger partial charge in [-0.3, -0.25) is 4.79 Å². The monoisotopic (exact) mass is 453 g/mol. The number of pyridine rings is 1. The molecule has 0 radical (unpaired) electrons. The fourth-order valence-corrected chi connectivity index (χ4v) is 4.62. The maximum atomic E-state index is 13.5. The van der Waals surface area contributed by atoms with E-state index in [0.717, 1.165) is 54.6 Å². The van der Waals surface area contributed by atoms with Gasteiger partial charge in [0, 0.05) is 36.1 Å². The van der Waals surface area contributed by atoms with E-state index in [1.54, 1.807) is 18.3 Å². The lowest BCUT2D eigenvalue weighted by molar-refractivity contribution is -0.133. The van der Waals surface area contributed by atoms with Crippen LogP contribution < -0.4 is 10.6 Å². The number of H-pyrrole nitrogens is 1. The van der Waals surface area contributed by atoms with Crippen molar-refractivity contribution in [3.8, 4) is 0 Å². The normalized spacial score (nSPS) is 19.1. The lowest BCUT2D eigenvalue weighted by atomic mass is 10.0. The predicted octanol–water partition coefficient (Wildman–Crippen LogP) is 4.86. The number of piperidine rings is 1. The summed E-state index contributed by atoms with van der Waals surface area (Å²) in [6.45, 7) is 2.26. The Kier molecular flexibility index (Phi) is 5.85. The fraction of sp³-hybridized carbons (Fsp3) is 0.333. The van der Waals surface area contributed by atoms with Crippen molar-refractivity contribution in [2.24, 2.45) is 0 Å². The Morgan fingerprint density at radius 2 is 2.16 bits per heavy atom. The van der Waals surface area contributed by atoms with Crippen LogP contribution in [0.15, 0.2) is 42.6 Å². The number of fused-ring (bicyclic) bond motifs is 1. The molecule has 6 nitrogen and oxygen atoms in total. The Bertz CT molecular complexity index is 1180. The molecule has 0 spiro atoms. The van der Waals surface area contributed by atoms with E-state index in [1.165, 1.54) is 11.6 Å². The first-order valence-corrected chi connectivity index (χ1v) is 11.4. The van der Waals surface area contributed by atoms with Crippen molar-refractivity contribution in [2.45, 2.75) is 31.7 Å². The summed E-state index contributed by atoms with van der Waals surface area (Å²) in [7, 11) is 0. The van der Waals surface area contributed by atoms with E-state index in [4.69, 9.17) is 11.6 Å². The number of halogens is 2. The second-order valence-electron chi connectivity index (χ2n) is 8.32. The van der Waals surface area contributed by atoms with E-state index in [-0.39, 0.29) is 17.0 Å². The van der Waals surface area contributed by atoms with Crippen molar-refractivity contribution >= 4 is 45.5 Å². The molecule has 8 heteroatoms. The number of aromatic amines is 1. The molecule has 1 unspecified atom stereocenters. The molecule has 166 valence electrons. The summed E-state index contributed by atoms with van der Waals surface area (Å²) in [5.74, 6) is -0.236. The smallest absolute Gasteiger partial charge is 0.239 e. The third-order valence-electron chi connectivity index (χ3n) is 6.21. The molecule has 1 fully saturated rings. The van der Waals surface area contributed by atoms with Crippen LogP contribution in [0.5, 0.6) is 0 Å². The number of carbonyl (C=O) groups is 1. The van der Waals surface area contributed by atoms with Crippen molar-refractivity contribution in [2.75, 3.05) is 25.0 Å². The van der Waals surface area contributed by atoms with Crippen LogP contribution in [-0.2, 0) is 4.79 Å². The van der Waals surface area contributed by atoms with Gasteiger partial charge in [0.2, 0.25) is 5.91 Å². The van der Waals surface area contributed by atoms with E-state index >= 15 is 0 Å². The van der Waals surface area contributed by atoms with Gasteiger partial charge in [-0.05, 0) is 61.7 Å². The molecule has 1 aromatic carbocycles. The number of rotatable bonds is 4. The Morgan fingerprint density at radius 1 is 1.25 bits per heavy atom. The summed E-state index contributed by atoms with van der Waals surface area (Å²) in [5, 5.41) is 7.66. The van der Waals surface area contributed by atoms with Crippen LogP contribution in [-0.4, -0.2) is 46.5 Å². The largest absolute Gasteiger partial charge is 0.355 e. The van der Waals surface area contributed by atoms with Gasteiger partial charge in [0.1, 0.15) is 11.5 Å². The van der Waals surface area contributed by atoms with Crippen LogP contribution in [0.2, 0.25) is 5.02 Å². The van der Waals surface area contributed by atoms with Crippen molar-refractivity contribution in [3.63, 3.8) is 0 Å². The molecular weight excluding hydrogens is 429 g/mol. The average Bonchev–Trinajstić information content (AvgIpc) is 3.27. The maximum absolute atomic E-state index is 13.5. The van der Waals surface area contributed by atoms with Gasteiger partial charge in [0.15, 0.2) is 0 Å². The molecule has 32 heavy (non-hydrogen) atoms. The molecule has 0 bridgehead atoms. The first-order chi connectivity index (χ1) is 15.6. The van der Waals surface area contributed by atoms with Gasteiger partial charge >= 0.3 is 0 Å². The molecular formula is C24H25ClFN5O. The zero-order chi connectivity index (χ0) is 22.1. The molecule has 0 saturated carbocycles. The topological polar surface area (TPSA) is 73.1 Å². The molecule has 5 rings (SSSR count). The van der Waals surface area contributed by atoms with Crippen LogP contribution >= 0.6 is 11.6 Å². The highest BCUT2D eigenvalue weighted by Crippen LogP contribution is 2.31. The number of hydrogen-bond acceptors (Lipinski definition) is 4. The highest BCUT2D eigenvalue weighted by atomic mass is 35.5. The maximum Gasteiger partial charge on any atom is 0.239 e. The Labute approximate surface area is 190 Å². The van der Waals surface area contributed by atoms with E-state index in [9.17, 15) is 9.18 Å². The second kappa shape index (κ2) is 8.92. The zero-order valence-electron chi connectivity index (χ0n) is 17.6. The number of aromatic nitrogens is 2. The number of hydrogen-bond donors (Lipinski definition) is 3. The molecule has 0 aliphatic carbocycles. The van der Waals surface area contributed by atoms with Gasteiger partial charge in [-0.25, -0.2) is 9.37 Å². The van der Waals surface area contributed by atoms with Gasteiger partial charge < -0.3 is 20.5 Å². The van der Waals surface area contributed by atoms with Crippen LogP contribution in [0, 0.1) is 5.82 Å². The van der Waals surface area contributed by atoms with Crippen LogP contribution in [0.3, 0.4) is 0 Å². The quantitative estimate of drug-likeness (QED) is 0.527. The minimum atomic E-state index is -0.447. The standard InChI is InChI=1S/C24H25ClFN5O/c25-18-13-16(4-5-19(18)26)29-20-6-10-28-23-17(20)14-22(30-23)15-7-11-31(12-8-15)24(32)21-3-1-2-9-27-21/h4-7,10,13-14,21,27H,1-3,8-9,11-12H2,(H2,28,29,30). The minimum Gasteiger partial charge on any atom is -0.355 e. The third-order valence-corrected chi connectivity index (χ3v) is 6.50. The Morgan fingerprint density at radius 3 is 2.91 bits per heavy atom. The van der Waals surface area contributed by atoms with E-state index in [2.05, 4.69) is 32.7 Å². The highest BCUT2D eigenvalue weighted by molar-refractivity contribution is 6.31. The molecule has 4 heterocycles. The molecule has 2 aliphatic heterocycles. The fourth-order valence-electron chi connectivity index (χ4n) is 4.44. The van der Waals surface area contributed by atoms with Gasteiger partial charge in [-0.2, -0.15) is 0 Å². The number of anilines is 2. The van der Waals surface area contributed by atoms with Crippen molar-refractivity contribution in [1.29, 1.82) is 0 Å². The van der Waals surface area contributed by atoms with Crippen molar-refractivity contribution in [1.82, 2.24) is 20.2 Å². The first-order valence-electron chi connectivity index (χ1n) is 11.0. The summed E-state index contributed by atoms with van der Waals surface area (Å²) in [5.41, 5.74) is 4.51. The van der Waals surface area contributed by atoms with Gasteiger partial charge in [-0.1, -0.05) is 24.1 Å². The third kappa shape index (κ3) is 4.23. The molecule has 3 aromatic rings. The summed E-state index contributed by atoms with van der Waals surface area (Å²) >= 11 is 5.91. The second-order valence-corrected chi connectivity index (χ2v) is 8.73. The predicted molar refractivity (Wildman–Crippen MR) is 126 cm³/mol. The van der Waals surface area contributed by atoms with Crippen molar-refractivity contribution in [3.05, 3.63) is 59.1 Å². The summed E-state index contributed by atoms with van der Waals surface area (Å²) in [4.78, 5) is 22.6. The van der Waals surface area contributed by atoms with Gasteiger partial charge in [0.05, 0.1) is 16.8 Å². The molecule has 3 N–H and O–H groups in total. The van der Waals surface area contributed by atoms with Crippen LogP contribution in [0.25, 0.3) is 16.6 Å². The van der Waals surface area contributed by atoms with Gasteiger partial charge in [-0.15, -0.1) is 0 Å². The molecule has 1 atom stereocenters. The van der Waals surface area contributed by atoms with Gasteiger partial charge in [0.25, 0.3) is 0 Å². The number of benzene rings is 1. The Hall–Kier alpha value is -2.90. The molecule has 2 aromatic heterocycles. The SMILES string of the molecule is O=C(C1CCCCN1)N1CC=C(c2cc3c(Nc4ccc(F)c(Cl)c4)ccnc3[nH]2)CC1. The summed E-state index contributed by atoms with van der Waals surface area (Å²) < 4.78 is 13.5. The summed E-state index contributed by atoms with van der Waals surface area (Å²) in [6, 6.07) is 8.47. The van der Waals surface area contributed by atoms with E-state index < -0.39 is 5.82 Å². The van der Waals surface area contributed by atoms with E-state index in [1.807, 2.05) is 11.0 Å². The molecule has 2 aliphatic rings. The Balaban J connectivity index is 1.34.